The van der Waals surface area contributed by atoms with Gasteiger partial charge in [0.2, 0.25) is 5.91 Å². The van der Waals surface area contributed by atoms with E-state index in [1.165, 1.54) is 41.5 Å². The fourth-order valence-electron chi connectivity index (χ4n) is 4.93. The van der Waals surface area contributed by atoms with Gasteiger partial charge in [-0.25, -0.2) is 4.79 Å². The highest BCUT2D eigenvalue weighted by molar-refractivity contribution is 8.00. The molecule has 2 aromatic heterocycles. The van der Waals surface area contributed by atoms with E-state index < -0.39 is 23.0 Å². The summed E-state index contributed by atoms with van der Waals surface area (Å²) >= 11 is 4.23. The first-order valence-corrected chi connectivity index (χ1v) is 17.0. The number of anilines is 2. The number of amides is 3. The van der Waals surface area contributed by atoms with Gasteiger partial charge in [0.1, 0.15) is 10.7 Å². The quantitative estimate of drug-likeness (QED) is 0.0939. The van der Waals surface area contributed by atoms with Gasteiger partial charge < -0.3 is 20.7 Å². The van der Waals surface area contributed by atoms with Crippen molar-refractivity contribution < 1.29 is 23.9 Å². The van der Waals surface area contributed by atoms with Crippen LogP contribution >= 0.6 is 34.4 Å². The molecule has 8 nitrogen and oxygen atoms in total. The van der Waals surface area contributed by atoms with Crippen LogP contribution in [0, 0.1) is 5.92 Å². The Balaban J connectivity index is 1.27. The maximum Gasteiger partial charge on any atom is 0.341 e. The van der Waals surface area contributed by atoms with E-state index in [4.69, 9.17) is 4.74 Å². The van der Waals surface area contributed by atoms with Crippen LogP contribution in [0.15, 0.2) is 82.7 Å². The molecule has 232 valence electrons. The van der Waals surface area contributed by atoms with Crippen LogP contribution in [0.3, 0.4) is 0 Å². The van der Waals surface area contributed by atoms with E-state index in [1.807, 2.05) is 29.6 Å². The van der Waals surface area contributed by atoms with Gasteiger partial charge in [-0.15, -0.1) is 34.4 Å². The van der Waals surface area contributed by atoms with Gasteiger partial charge in [0.05, 0.1) is 17.9 Å². The van der Waals surface area contributed by atoms with Crippen molar-refractivity contribution in [1.82, 2.24) is 5.32 Å². The van der Waals surface area contributed by atoms with Crippen LogP contribution in [0.2, 0.25) is 0 Å². The minimum Gasteiger partial charge on any atom is -0.465 e. The molecule has 11 heteroatoms. The molecule has 0 saturated carbocycles. The van der Waals surface area contributed by atoms with Gasteiger partial charge in [-0.3, -0.25) is 14.4 Å². The van der Waals surface area contributed by atoms with Crippen molar-refractivity contribution in [3.63, 3.8) is 0 Å². The molecule has 1 aliphatic carbocycles. The Morgan fingerprint density at radius 3 is 2.56 bits per heavy atom. The zero-order valence-corrected chi connectivity index (χ0v) is 27.5. The Kier molecular flexibility index (Phi) is 10.5. The molecular formula is C34H33N3O5S3. The summed E-state index contributed by atoms with van der Waals surface area (Å²) in [5, 5.41) is 10.5. The van der Waals surface area contributed by atoms with Crippen molar-refractivity contribution in [1.29, 1.82) is 0 Å². The molecule has 0 spiro atoms. The summed E-state index contributed by atoms with van der Waals surface area (Å²) in [4.78, 5) is 54.9. The van der Waals surface area contributed by atoms with Crippen LogP contribution in [0.4, 0.5) is 10.7 Å². The molecule has 2 atom stereocenters. The lowest BCUT2D eigenvalue weighted by atomic mass is 9.88. The second kappa shape index (κ2) is 14.7. The summed E-state index contributed by atoms with van der Waals surface area (Å²) in [6.45, 7) is 3.98. The van der Waals surface area contributed by atoms with Gasteiger partial charge >= 0.3 is 5.97 Å². The van der Waals surface area contributed by atoms with Crippen LogP contribution in [-0.4, -0.2) is 36.1 Å². The maximum absolute atomic E-state index is 13.4. The molecule has 0 radical (unpaired) electrons. The second-order valence-corrected chi connectivity index (χ2v) is 14.2. The Morgan fingerprint density at radius 2 is 1.82 bits per heavy atom. The van der Waals surface area contributed by atoms with Gasteiger partial charge in [0.25, 0.3) is 11.8 Å². The van der Waals surface area contributed by atoms with E-state index in [0.717, 1.165) is 39.5 Å². The van der Waals surface area contributed by atoms with E-state index in [0.29, 0.717) is 27.7 Å². The number of thioether (sulfide) groups is 1. The zero-order valence-electron chi connectivity index (χ0n) is 25.0. The Hall–Kier alpha value is -4.19. The van der Waals surface area contributed by atoms with Crippen LogP contribution in [0.5, 0.6) is 0 Å². The van der Waals surface area contributed by atoms with Crippen LogP contribution in [-0.2, 0) is 27.2 Å². The third kappa shape index (κ3) is 8.10. The number of thiophene rings is 2. The molecule has 5 rings (SSSR count). The topological polar surface area (TPSA) is 114 Å². The fourth-order valence-corrected chi connectivity index (χ4v) is 7.92. The van der Waals surface area contributed by atoms with Gasteiger partial charge in [0, 0.05) is 25.9 Å². The lowest BCUT2D eigenvalue weighted by molar-refractivity contribution is -0.115. The van der Waals surface area contributed by atoms with E-state index in [-0.39, 0.29) is 11.6 Å². The molecule has 0 bridgehead atoms. The predicted octanol–water partition coefficient (Wildman–Crippen LogP) is 7.25. The molecule has 2 heterocycles. The number of carbonyl (C=O) groups is 4. The number of benzene rings is 2. The smallest absolute Gasteiger partial charge is 0.341 e. The summed E-state index contributed by atoms with van der Waals surface area (Å²) in [5.74, 6) is -1.03. The minimum absolute atomic E-state index is 0.103. The molecule has 1 aliphatic rings. The SMILES string of the molecule is COC(=O)c1c(NC(=O)C(C)Sc2cccc(NC(=O)/C(=C/c3cccs3)NC(=O)c3ccccc3)c2)sc2c1CCC(C)C2. The van der Waals surface area contributed by atoms with Crippen molar-refractivity contribution >= 4 is 74.9 Å². The average molecular weight is 660 g/mol. The van der Waals surface area contributed by atoms with Gasteiger partial charge in [-0.05, 0) is 85.5 Å². The Bertz CT molecular complexity index is 1730. The van der Waals surface area contributed by atoms with Crippen LogP contribution in [0.25, 0.3) is 6.08 Å². The van der Waals surface area contributed by atoms with Crippen molar-refractivity contribution in [2.75, 3.05) is 17.7 Å². The summed E-state index contributed by atoms with van der Waals surface area (Å²) in [7, 11) is 1.35. The Morgan fingerprint density at radius 1 is 1.02 bits per heavy atom. The third-order valence-electron chi connectivity index (χ3n) is 7.27. The first-order chi connectivity index (χ1) is 21.7. The highest BCUT2D eigenvalue weighted by Gasteiger charge is 2.29. The first kappa shape index (κ1) is 32.2. The minimum atomic E-state index is -0.501. The van der Waals surface area contributed by atoms with E-state index in [1.54, 1.807) is 55.5 Å². The predicted molar refractivity (Wildman–Crippen MR) is 182 cm³/mol. The fraction of sp³-hybridized carbons (Fsp3) is 0.235. The van der Waals surface area contributed by atoms with Gasteiger partial charge in [-0.1, -0.05) is 37.3 Å². The molecule has 3 N–H and O–H groups in total. The number of hydrogen-bond donors (Lipinski definition) is 3. The largest absolute Gasteiger partial charge is 0.465 e. The monoisotopic (exact) mass is 659 g/mol. The number of ether oxygens (including phenoxy) is 1. The molecule has 0 saturated heterocycles. The molecule has 0 aliphatic heterocycles. The highest BCUT2D eigenvalue weighted by Crippen LogP contribution is 2.40. The summed E-state index contributed by atoms with van der Waals surface area (Å²) in [5.41, 5.74) is 2.49. The number of esters is 1. The molecule has 2 aromatic carbocycles. The van der Waals surface area contributed by atoms with E-state index in [9.17, 15) is 19.2 Å². The molecule has 4 aromatic rings. The molecule has 0 fully saturated rings. The highest BCUT2D eigenvalue weighted by atomic mass is 32.2. The van der Waals surface area contributed by atoms with Crippen LogP contribution < -0.4 is 16.0 Å². The normalized spacial score (nSPS) is 15.0. The number of methoxy groups -OCH3 is 1. The molecule has 45 heavy (non-hydrogen) atoms. The first-order valence-electron chi connectivity index (χ1n) is 14.4. The Labute approximate surface area is 274 Å². The van der Waals surface area contributed by atoms with Gasteiger partial charge in [0.15, 0.2) is 0 Å². The molecule has 3 amide bonds. The van der Waals surface area contributed by atoms with Gasteiger partial charge in [-0.2, -0.15) is 0 Å². The standard InChI is InChI=1S/C34H33N3O5S3/c1-20-14-15-26-28(17-20)45-33(29(26)34(41)42-3)37-30(38)21(2)44-25-12-7-11-23(18-25)35-32(40)27(19-24-13-8-16-43-24)36-31(39)22-9-5-4-6-10-22/h4-13,16,18-21H,14-15,17H2,1-3H3,(H,35,40)(H,36,39)(H,37,38)/b27-19-. The van der Waals surface area contributed by atoms with E-state index >= 15 is 0 Å². The van der Waals surface area contributed by atoms with Crippen molar-refractivity contribution in [2.45, 2.75) is 43.3 Å². The number of carbonyl (C=O) groups excluding carboxylic acids is 4. The number of fused-ring (bicyclic) bond motifs is 1. The summed E-state index contributed by atoms with van der Waals surface area (Å²) < 4.78 is 5.05. The van der Waals surface area contributed by atoms with Crippen molar-refractivity contribution in [2.24, 2.45) is 5.92 Å². The van der Waals surface area contributed by atoms with Crippen LogP contribution in [0.1, 0.15) is 56.3 Å². The number of hydrogen-bond acceptors (Lipinski definition) is 8. The maximum atomic E-state index is 13.4. The van der Waals surface area contributed by atoms with E-state index in [2.05, 4.69) is 22.9 Å². The third-order valence-corrected chi connectivity index (χ3v) is 10.4. The summed E-state index contributed by atoms with van der Waals surface area (Å²) in [6.07, 6.45) is 4.29. The zero-order chi connectivity index (χ0) is 31.9. The lowest BCUT2D eigenvalue weighted by Crippen LogP contribution is -2.30. The molecular weight excluding hydrogens is 627 g/mol. The van der Waals surface area contributed by atoms with Crippen molar-refractivity contribution in [3.05, 3.63) is 104 Å². The summed E-state index contributed by atoms with van der Waals surface area (Å²) in [6, 6.07) is 19.6. The average Bonchev–Trinajstić information content (AvgIpc) is 3.68. The second-order valence-electron chi connectivity index (χ2n) is 10.7. The lowest BCUT2D eigenvalue weighted by Gasteiger charge is -2.18. The molecule has 2 unspecified atom stereocenters. The number of nitrogens with one attached hydrogen (secondary N) is 3. The number of rotatable bonds is 10. The van der Waals surface area contributed by atoms with Crippen molar-refractivity contribution in [3.8, 4) is 0 Å².